The molecule has 0 saturated heterocycles. The number of fused-ring (bicyclic) bond motifs is 1. The molecule has 0 fully saturated rings. The Morgan fingerprint density at radius 1 is 1.05 bits per heavy atom. The van der Waals surface area contributed by atoms with Crippen molar-refractivity contribution in [2.45, 2.75) is 6.92 Å². The van der Waals surface area contributed by atoms with E-state index in [4.69, 9.17) is 4.74 Å². The van der Waals surface area contributed by atoms with Gasteiger partial charge in [-0.1, -0.05) is 0 Å². The van der Waals surface area contributed by atoms with E-state index in [2.05, 4.69) is 10.3 Å². The van der Waals surface area contributed by atoms with Gasteiger partial charge in [0.2, 0.25) is 11.6 Å². The van der Waals surface area contributed by atoms with Gasteiger partial charge >= 0.3 is 0 Å². The SMILES string of the molecule is COc1ccc(NC2=CC(=O)c3nc(C)ccc3C2=O)cc1. The molecule has 1 aromatic carbocycles. The zero-order chi connectivity index (χ0) is 15.7. The highest BCUT2D eigenvalue weighted by atomic mass is 16.5. The summed E-state index contributed by atoms with van der Waals surface area (Å²) in [6.45, 7) is 1.78. The number of anilines is 1. The second kappa shape index (κ2) is 5.44. The predicted molar refractivity (Wildman–Crippen MR) is 82.3 cm³/mol. The van der Waals surface area contributed by atoms with Crippen LogP contribution in [0.25, 0.3) is 0 Å². The van der Waals surface area contributed by atoms with E-state index in [1.54, 1.807) is 50.4 Å². The molecule has 22 heavy (non-hydrogen) atoms. The van der Waals surface area contributed by atoms with Gasteiger partial charge in [0.25, 0.3) is 0 Å². The molecule has 1 heterocycles. The average Bonchev–Trinajstić information content (AvgIpc) is 2.53. The number of aromatic nitrogens is 1. The van der Waals surface area contributed by atoms with Crippen LogP contribution in [0.4, 0.5) is 5.69 Å². The van der Waals surface area contributed by atoms with E-state index in [-0.39, 0.29) is 23.0 Å². The Kier molecular flexibility index (Phi) is 3.47. The van der Waals surface area contributed by atoms with Crippen LogP contribution in [0, 0.1) is 6.92 Å². The first-order chi connectivity index (χ1) is 10.6. The van der Waals surface area contributed by atoms with Crippen LogP contribution < -0.4 is 10.1 Å². The van der Waals surface area contributed by atoms with Crippen LogP contribution in [0.5, 0.6) is 5.75 Å². The smallest absolute Gasteiger partial charge is 0.211 e. The van der Waals surface area contributed by atoms with E-state index >= 15 is 0 Å². The zero-order valence-corrected chi connectivity index (χ0v) is 12.2. The topological polar surface area (TPSA) is 68.3 Å². The fourth-order valence-electron chi connectivity index (χ4n) is 2.26. The number of carbonyl (C=O) groups excluding carboxylic acids is 2. The van der Waals surface area contributed by atoms with Gasteiger partial charge in [0.1, 0.15) is 11.4 Å². The number of carbonyl (C=O) groups is 2. The maximum Gasteiger partial charge on any atom is 0.211 e. The van der Waals surface area contributed by atoms with Gasteiger partial charge in [0, 0.05) is 17.5 Å². The van der Waals surface area contributed by atoms with Gasteiger partial charge in [-0.3, -0.25) is 9.59 Å². The number of benzene rings is 1. The maximum atomic E-state index is 12.5. The first-order valence-corrected chi connectivity index (χ1v) is 6.78. The highest BCUT2D eigenvalue weighted by molar-refractivity contribution is 6.24. The molecule has 2 aromatic rings. The summed E-state index contributed by atoms with van der Waals surface area (Å²) in [5.41, 5.74) is 2.20. The van der Waals surface area contributed by atoms with Crippen molar-refractivity contribution in [1.29, 1.82) is 0 Å². The van der Waals surface area contributed by atoms with E-state index in [9.17, 15) is 9.59 Å². The predicted octanol–water partition coefficient (Wildman–Crippen LogP) is 2.77. The van der Waals surface area contributed by atoms with Crippen molar-refractivity contribution in [1.82, 2.24) is 4.98 Å². The van der Waals surface area contributed by atoms with Crippen LogP contribution in [0.3, 0.4) is 0 Å². The average molecular weight is 294 g/mol. The van der Waals surface area contributed by atoms with Crippen molar-refractivity contribution in [2.24, 2.45) is 0 Å². The third-order valence-electron chi connectivity index (χ3n) is 3.40. The summed E-state index contributed by atoms with van der Waals surface area (Å²) in [5.74, 6) is 0.211. The van der Waals surface area contributed by atoms with E-state index in [1.807, 2.05) is 0 Å². The highest BCUT2D eigenvalue weighted by Crippen LogP contribution is 2.23. The quantitative estimate of drug-likeness (QED) is 0.942. The molecule has 1 N–H and O–H groups in total. The minimum Gasteiger partial charge on any atom is -0.497 e. The normalized spacial score (nSPS) is 13.5. The third-order valence-corrected chi connectivity index (χ3v) is 3.40. The summed E-state index contributed by atoms with van der Waals surface area (Å²) in [6.07, 6.45) is 1.29. The second-order valence-electron chi connectivity index (χ2n) is 4.95. The number of ether oxygens (including phenoxy) is 1. The van der Waals surface area contributed by atoms with E-state index < -0.39 is 0 Å². The molecule has 0 spiro atoms. The lowest BCUT2D eigenvalue weighted by molar-refractivity contribution is 0.0982. The van der Waals surface area contributed by atoms with Gasteiger partial charge in [-0.15, -0.1) is 0 Å². The molecule has 0 unspecified atom stereocenters. The van der Waals surface area contributed by atoms with Crippen molar-refractivity contribution in [2.75, 3.05) is 12.4 Å². The summed E-state index contributed by atoms with van der Waals surface area (Å²) in [6, 6.07) is 10.5. The minimum atomic E-state index is -0.269. The minimum absolute atomic E-state index is 0.213. The van der Waals surface area contributed by atoms with Gasteiger partial charge < -0.3 is 10.1 Å². The fraction of sp³-hybridized carbons (Fsp3) is 0.118. The summed E-state index contributed by atoms with van der Waals surface area (Å²) in [4.78, 5) is 28.7. The Morgan fingerprint density at radius 2 is 1.77 bits per heavy atom. The first-order valence-electron chi connectivity index (χ1n) is 6.78. The molecule has 0 atom stereocenters. The fourth-order valence-corrected chi connectivity index (χ4v) is 2.26. The molecule has 1 aliphatic rings. The molecule has 0 saturated carbocycles. The number of nitrogens with one attached hydrogen (secondary N) is 1. The zero-order valence-electron chi connectivity index (χ0n) is 12.2. The summed E-state index contributed by atoms with van der Waals surface area (Å²) < 4.78 is 5.08. The van der Waals surface area contributed by atoms with Gasteiger partial charge in [0.15, 0.2) is 0 Å². The molecule has 5 heteroatoms. The largest absolute Gasteiger partial charge is 0.497 e. The van der Waals surface area contributed by atoms with Crippen LogP contribution in [0.1, 0.15) is 26.5 Å². The number of aryl methyl sites for hydroxylation is 1. The highest BCUT2D eigenvalue weighted by Gasteiger charge is 2.26. The molecular weight excluding hydrogens is 280 g/mol. The molecule has 0 radical (unpaired) electrons. The number of hydrogen-bond donors (Lipinski definition) is 1. The number of rotatable bonds is 3. The van der Waals surface area contributed by atoms with E-state index in [1.165, 1.54) is 6.08 Å². The number of pyridine rings is 1. The lowest BCUT2D eigenvalue weighted by Gasteiger charge is -2.16. The van der Waals surface area contributed by atoms with Crippen LogP contribution in [0.2, 0.25) is 0 Å². The second-order valence-corrected chi connectivity index (χ2v) is 4.95. The molecule has 1 aliphatic carbocycles. The number of ketones is 2. The Balaban J connectivity index is 1.90. The Morgan fingerprint density at radius 3 is 2.45 bits per heavy atom. The molecule has 0 aliphatic heterocycles. The summed E-state index contributed by atoms with van der Waals surface area (Å²) in [7, 11) is 1.58. The Bertz CT molecular complexity index is 792. The van der Waals surface area contributed by atoms with E-state index in [0.29, 0.717) is 16.9 Å². The van der Waals surface area contributed by atoms with Crippen LogP contribution >= 0.6 is 0 Å². The molecule has 0 amide bonds. The maximum absolute atomic E-state index is 12.5. The van der Waals surface area contributed by atoms with Crippen molar-refractivity contribution in [3.63, 3.8) is 0 Å². The number of Topliss-reactive ketones (excluding diaryl/α,β-unsaturated/α-hetero) is 1. The molecule has 0 bridgehead atoms. The summed E-state index contributed by atoms with van der Waals surface area (Å²) in [5, 5.41) is 2.98. The number of nitrogens with zero attached hydrogens (tertiary/aromatic N) is 1. The molecule has 3 rings (SSSR count). The van der Waals surface area contributed by atoms with Crippen molar-refractivity contribution in [3.05, 3.63) is 65.1 Å². The number of hydrogen-bond acceptors (Lipinski definition) is 5. The van der Waals surface area contributed by atoms with Crippen molar-refractivity contribution in [3.8, 4) is 5.75 Å². The molecule has 110 valence electrons. The number of allylic oxidation sites excluding steroid dienone is 2. The van der Waals surface area contributed by atoms with Gasteiger partial charge in [0.05, 0.1) is 18.4 Å². The van der Waals surface area contributed by atoms with E-state index in [0.717, 1.165) is 5.75 Å². The first kappa shape index (κ1) is 14.0. The van der Waals surface area contributed by atoms with Crippen LogP contribution in [0.15, 0.2) is 48.2 Å². The molecule has 5 nitrogen and oxygen atoms in total. The monoisotopic (exact) mass is 294 g/mol. The van der Waals surface area contributed by atoms with Gasteiger partial charge in [-0.05, 0) is 43.3 Å². The number of methoxy groups -OCH3 is 1. The Labute approximate surface area is 127 Å². The lowest BCUT2D eigenvalue weighted by Crippen LogP contribution is -2.22. The van der Waals surface area contributed by atoms with Crippen molar-refractivity contribution < 1.29 is 14.3 Å². The van der Waals surface area contributed by atoms with Crippen molar-refractivity contribution >= 4 is 17.3 Å². The van der Waals surface area contributed by atoms with Gasteiger partial charge in [-0.25, -0.2) is 4.98 Å². The van der Waals surface area contributed by atoms with Crippen LogP contribution in [-0.4, -0.2) is 23.7 Å². The molecular formula is C17H14N2O3. The lowest BCUT2D eigenvalue weighted by atomic mass is 9.96. The molecule has 1 aromatic heterocycles. The third kappa shape index (κ3) is 2.48. The Hall–Kier alpha value is -2.95. The van der Waals surface area contributed by atoms with Crippen LogP contribution in [-0.2, 0) is 0 Å². The summed E-state index contributed by atoms with van der Waals surface area (Å²) >= 11 is 0. The standard InChI is InChI=1S/C17H14N2O3/c1-10-3-8-13-16(18-10)15(20)9-14(17(13)21)19-11-4-6-12(22-2)7-5-11/h3-9,19H,1-2H3. The van der Waals surface area contributed by atoms with Gasteiger partial charge in [-0.2, -0.15) is 0 Å².